The molecule has 1 atom stereocenters. The van der Waals surface area contributed by atoms with Crippen LogP contribution in [0, 0.1) is 5.92 Å². The Hall–Kier alpha value is -1.22. The number of nitrogen functional groups attached to an aromatic ring is 1. The van der Waals surface area contributed by atoms with E-state index in [4.69, 9.17) is 5.73 Å². The molecule has 0 aromatic heterocycles. The number of likely N-dealkylation sites (tertiary alicyclic amines) is 1. The van der Waals surface area contributed by atoms with Crippen LogP contribution in [0.25, 0.3) is 0 Å². The molecule has 1 aromatic carbocycles. The Morgan fingerprint density at radius 2 is 1.87 bits per heavy atom. The molecule has 3 N–H and O–H groups in total. The third kappa shape index (κ3) is 4.20. The van der Waals surface area contributed by atoms with E-state index in [1.807, 2.05) is 12.1 Å². The predicted molar refractivity (Wildman–Crippen MR) is 99.7 cm³/mol. The van der Waals surface area contributed by atoms with Crippen LogP contribution in [-0.2, 0) is 0 Å². The minimum Gasteiger partial charge on any atom is -0.397 e. The zero-order chi connectivity index (χ0) is 16.3. The first kappa shape index (κ1) is 16.6. The highest BCUT2D eigenvalue weighted by Crippen LogP contribution is 2.41. The minimum absolute atomic E-state index is 0.423. The number of benzene rings is 1. The fourth-order valence-electron chi connectivity index (χ4n) is 4.28. The Morgan fingerprint density at radius 3 is 2.48 bits per heavy atom. The lowest BCUT2D eigenvalue weighted by atomic mass is 9.85. The van der Waals surface area contributed by atoms with Gasteiger partial charge in [0, 0.05) is 24.7 Å². The molecule has 2 fully saturated rings. The van der Waals surface area contributed by atoms with Crippen LogP contribution in [0.2, 0.25) is 0 Å². The van der Waals surface area contributed by atoms with Crippen molar-refractivity contribution in [3.63, 3.8) is 0 Å². The lowest BCUT2D eigenvalue weighted by Gasteiger charge is -2.46. The summed E-state index contributed by atoms with van der Waals surface area (Å²) in [7, 11) is 0. The summed E-state index contributed by atoms with van der Waals surface area (Å²) in [5.41, 5.74) is 8.44. The second-order valence-electron chi connectivity index (χ2n) is 7.89. The summed E-state index contributed by atoms with van der Waals surface area (Å²) in [6, 6.07) is 8.68. The molecule has 128 valence electrons. The summed E-state index contributed by atoms with van der Waals surface area (Å²) >= 11 is 0. The van der Waals surface area contributed by atoms with Crippen molar-refractivity contribution in [3.05, 3.63) is 24.3 Å². The van der Waals surface area contributed by atoms with Gasteiger partial charge in [0.2, 0.25) is 0 Å². The molecule has 0 spiro atoms. The van der Waals surface area contributed by atoms with Gasteiger partial charge >= 0.3 is 0 Å². The fraction of sp³-hybridized carbons (Fsp3) is 0.700. The van der Waals surface area contributed by atoms with Crippen molar-refractivity contribution in [2.75, 3.05) is 24.1 Å². The SMILES string of the molecule is CCCC(C)(CC1CC1)N1CCC(Nc2ccccc2N)CC1. The molecule has 1 aliphatic heterocycles. The molecule has 1 unspecified atom stereocenters. The number of hydrogen-bond donors (Lipinski definition) is 2. The monoisotopic (exact) mass is 315 g/mol. The summed E-state index contributed by atoms with van der Waals surface area (Å²) in [4.78, 5) is 2.78. The van der Waals surface area contributed by atoms with Gasteiger partial charge in [-0.2, -0.15) is 0 Å². The maximum atomic E-state index is 6.06. The molecule has 3 rings (SSSR count). The highest BCUT2D eigenvalue weighted by atomic mass is 15.2. The predicted octanol–water partition coefficient (Wildman–Crippen LogP) is 4.50. The molecule has 0 bridgehead atoms. The summed E-state index contributed by atoms with van der Waals surface area (Å²) in [6.45, 7) is 7.27. The number of anilines is 2. The zero-order valence-electron chi connectivity index (χ0n) is 14.9. The van der Waals surface area contributed by atoms with Crippen molar-refractivity contribution in [3.8, 4) is 0 Å². The molecule has 3 nitrogen and oxygen atoms in total. The molecule has 2 aliphatic rings. The number of para-hydroxylation sites is 2. The summed E-state index contributed by atoms with van der Waals surface area (Å²) in [5.74, 6) is 1.01. The van der Waals surface area contributed by atoms with E-state index in [1.165, 1.54) is 58.0 Å². The molecular formula is C20H33N3. The molecule has 3 heteroatoms. The molecule has 1 saturated heterocycles. The summed E-state index contributed by atoms with van der Waals surface area (Å²) in [6.07, 6.45) is 9.41. The van der Waals surface area contributed by atoms with Crippen LogP contribution < -0.4 is 11.1 Å². The topological polar surface area (TPSA) is 41.3 Å². The van der Waals surface area contributed by atoms with E-state index in [-0.39, 0.29) is 0 Å². The first-order valence-corrected chi connectivity index (χ1v) is 9.47. The summed E-state index contributed by atoms with van der Waals surface area (Å²) in [5, 5.41) is 3.65. The minimum atomic E-state index is 0.423. The van der Waals surface area contributed by atoms with Gasteiger partial charge in [-0.05, 0) is 50.7 Å². The van der Waals surface area contributed by atoms with Gasteiger partial charge in [-0.1, -0.05) is 38.3 Å². The van der Waals surface area contributed by atoms with E-state index in [0.717, 1.165) is 17.3 Å². The Balaban J connectivity index is 1.55. The third-order valence-electron chi connectivity index (χ3n) is 5.79. The lowest BCUT2D eigenvalue weighted by molar-refractivity contribution is 0.0568. The van der Waals surface area contributed by atoms with Crippen molar-refractivity contribution in [1.82, 2.24) is 4.90 Å². The van der Waals surface area contributed by atoms with Crippen LogP contribution in [0.1, 0.15) is 58.8 Å². The van der Waals surface area contributed by atoms with Gasteiger partial charge in [-0.25, -0.2) is 0 Å². The zero-order valence-corrected chi connectivity index (χ0v) is 14.9. The van der Waals surface area contributed by atoms with Gasteiger partial charge in [-0.3, -0.25) is 4.90 Å². The highest BCUT2D eigenvalue weighted by Gasteiger charge is 2.38. The van der Waals surface area contributed by atoms with Crippen molar-refractivity contribution >= 4 is 11.4 Å². The van der Waals surface area contributed by atoms with Crippen molar-refractivity contribution in [2.45, 2.75) is 70.4 Å². The molecule has 0 amide bonds. The quantitative estimate of drug-likeness (QED) is 0.728. The number of piperidine rings is 1. The second-order valence-corrected chi connectivity index (χ2v) is 7.89. The van der Waals surface area contributed by atoms with E-state index in [9.17, 15) is 0 Å². The van der Waals surface area contributed by atoms with Crippen LogP contribution in [0.4, 0.5) is 11.4 Å². The molecule has 1 saturated carbocycles. The first-order chi connectivity index (χ1) is 11.1. The largest absolute Gasteiger partial charge is 0.397 e. The number of nitrogens with zero attached hydrogens (tertiary/aromatic N) is 1. The van der Waals surface area contributed by atoms with Crippen LogP contribution in [0.3, 0.4) is 0 Å². The number of rotatable bonds is 7. The molecule has 0 radical (unpaired) electrons. The Morgan fingerprint density at radius 1 is 1.17 bits per heavy atom. The van der Waals surface area contributed by atoms with Gasteiger partial charge in [0.15, 0.2) is 0 Å². The van der Waals surface area contributed by atoms with Crippen LogP contribution in [0.15, 0.2) is 24.3 Å². The van der Waals surface area contributed by atoms with Crippen LogP contribution >= 0.6 is 0 Å². The maximum absolute atomic E-state index is 6.06. The van der Waals surface area contributed by atoms with E-state index >= 15 is 0 Å². The molecular weight excluding hydrogens is 282 g/mol. The molecule has 1 aromatic rings. The van der Waals surface area contributed by atoms with Gasteiger partial charge in [0.25, 0.3) is 0 Å². The van der Waals surface area contributed by atoms with Gasteiger partial charge in [0.05, 0.1) is 11.4 Å². The number of hydrogen-bond acceptors (Lipinski definition) is 3. The van der Waals surface area contributed by atoms with E-state index in [2.05, 4.69) is 36.2 Å². The van der Waals surface area contributed by atoms with Crippen molar-refractivity contribution in [2.24, 2.45) is 5.92 Å². The Labute approximate surface area is 141 Å². The highest BCUT2D eigenvalue weighted by molar-refractivity contribution is 5.65. The summed E-state index contributed by atoms with van der Waals surface area (Å²) < 4.78 is 0. The molecule has 1 heterocycles. The third-order valence-corrected chi connectivity index (χ3v) is 5.79. The standard InChI is InChI=1S/C20H33N3/c1-3-12-20(2,15-16-8-9-16)23-13-10-17(11-14-23)22-19-7-5-4-6-18(19)21/h4-7,16-17,22H,3,8-15,21H2,1-2H3. The maximum Gasteiger partial charge on any atom is 0.0576 e. The first-order valence-electron chi connectivity index (χ1n) is 9.47. The molecule has 23 heavy (non-hydrogen) atoms. The second kappa shape index (κ2) is 7.12. The number of nitrogens with one attached hydrogen (secondary N) is 1. The van der Waals surface area contributed by atoms with E-state index in [0.29, 0.717) is 11.6 Å². The normalized spacial score (nSPS) is 22.7. The Kier molecular flexibility index (Phi) is 5.15. The van der Waals surface area contributed by atoms with E-state index < -0.39 is 0 Å². The van der Waals surface area contributed by atoms with Crippen molar-refractivity contribution < 1.29 is 0 Å². The fourth-order valence-corrected chi connectivity index (χ4v) is 4.28. The van der Waals surface area contributed by atoms with Gasteiger partial charge in [-0.15, -0.1) is 0 Å². The average molecular weight is 316 g/mol. The van der Waals surface area contributed by atoms with E-state index in [1.54, 1.807) is 0 Å². The lowest BCUT2D eigenvalue weighted by Crippen LogP contribution is -2.52. The van der Waals surface area contributed by atoms with Gasteiger partial charge < -0.3 is 11.1 Å². The smallest absolute Gasteiger partial charge is 0.0576 e. The Bertz CT molecular complexity index is 503. The number of nitrogens with two attached hydrogens (primary N) is 1. The molecule has 1 aliphatic carbocycles. The van der Waals surface area contributed by atoms with Crippen LogP contribution in [0.5, 0.6) is 0 Å². The van der Waals surface area contributed by atoms with Gasteiger partial charge in [0.1, 0.15) is 0 Å². The average Bonchev–Trinajstić information content (AvgIpc) is 3.34. The van der Waals surface area contributed by atoms with Crippen LogP contribution in [-0.4, -0.2) is 29.6 Å². The van der Waals surface area contributed by atoms with Crippen molar-refractivity contribution in [1.29, 1.82) is 0 Å².